The molecule has 1 heterocycles. The average Bonchev–Trinajstić information content (AvgIpc) is 3.26. The summed E-state index contributed by atoms with van der Waals surface area (Å²) in [5, 5.41) is 7.24. The van der Waals surface area contributed by atoms with Crippen molar-refractivity contribution in [1.82, 2.24) is 10.3 Å². The fraction of sp³-hybridized carbons (Fsp3) is 0.182. The van der Waals surface area contributed by atoms with Gasteiger partial charge in [0.1, 0.15) is 12.3 Å². The fourth-order valence-electron chi connectivity index (χ4n) is 2.46. The number of thiazole rings is 1. The second-order valence-electron chi connectivity index (χ2n) is 6.40. The third-order valence-electron chi connectivity index (χ3n) is 4.02. The van der Waals surface area contributed by atoms with Crippen molar-refractivity contribution in [2.45, 2.75) is 13.0 Å². The highest BCUT2D eigenvalue weighted by molar-refractivity contribution is 7.14. The number of ether oxygens (including phenoxy) is 2. The minimum absolute atomic E-state index is 0.235. The molecule has 1 unspecified atom stereocenters. The van der Waals surface area contributed by atoms with E-state index in [1.807, 2.05) is 41.8 Å². The van der Waals surface area contributed by atoms with E-state index in [-0.39, 0.29) is 13.2 Å². The Kier molecular flexibility index (Phi) is 7.72. The molecule has 160 valence electrons. The number of anilines is 1. The second kappa shape index (κ2) is 10.9. The van der Waals surface area contributed by atoms with Crippen LogP contribution in [0.15, 0.2) is 66.0 Å². The van der Waals surface area contributed by atoms with Gasteiger partial charge in [-0.15, -0.1) is 11.3 Å². The van der Waals surface area contributed by atoms with E-state index in [0.29, 0.717) is 10.9 Å². The highest BCUT2D eigenvalue weighted by Gasteiger charge is 2.19. The number of amides is 2. The van der Waals surface area contributed by atoms with E-state index in [1.54, 1.807) is 24.3 Å². The van der Waals surface area contributed by atoms with Gasteiger partial charge < -0.3 is 14.8 Å². The van der Waals surface area contributed by atoms with Gasteiger partial charge in [0.05, 0.1) is 5.69 Å². The van der Waals surface area contributed by atoms with Gasteiger partial charge in [0.25, 0.3) is 11.8 Å². The first-order valence-corrected chi connectivity index (χ1v) is 10.3. The van der Waals surface area contributed by atoms with Gasteiger partial charge in [-0.2, -0.15) is 0 Å². The zero-order chi connectivity index (χ0) is 22.1. The Hall–Kier alpha value is -3.72. The van der Waals surface area contributed by atoms with Crippen LogP contribution >= 0.6 is 11.3 Å². The van der Waals surface area contributed by atoms with Gasteiger partial charge in [0.15, 0.2) is 17.8 Å². The molecule has 1 aromatic heterocycles. The predicted octanol–water partition coefficient (Wildman–Crippen LogP) is 2.88. The largest absolute Gasteiger partial charge is 0.484 e. The third kappa shape index (κ3) is 6.93. The van der Waals surface area contributed by atoms with Crippen LogP contribution < -0.4 is 15.4 Å². The van der Waals surface area contributed by atoms with Crippen molar-refractivity contribution in [3.8, 4) is 17.0 Å². The summed E-state index contributed by atoms with van der Waals surface area (Å²) in [6.45, 7) is 0.838. The summed E-state index contributed by atoms with van der Waals surface area (Å²) in [5.74, 6) is -1.18. The predicted molar refractivity (Wildman–Crippen MR) is 117 cm³/mol. The van der Waals surface area contributed by atoms with Gasteiger partial charge in [0.2, 0.25) is 0 Å². The van der Waals surface area contributed by atoms with E-state index >= 15 is 0 Å². The van der Waals surface area contributed by atoms with Crippen molar-refractivity contribution in [3.63, 3.8) is 0 Å². The fourth-order valence-corrected chi connectivity index (χ4v) is 3.18. The lowest BCUT2D eigenvalue weighted by Crippen LogP contribution is -2.37. The number of esters is 1. The van der Waals surface area contributed by atoms with E-state index in [0.717, 1.165) is 11.3 Å². The van der Waals surface area contributed by atoms with Crippen LogP contribution in [0, 0.1) is 0 Å². The normalized spacial score (nSPS) is 11.3. The van der Waals surface area contributed by atoms with Crippen LogP contribution in [-0.2, 0) is 19.1 Å². The lowest BCUT2D eigenvalue weighted by Gasteiger charge is -2.13. The second-order valence-corrected chi connectivity index (χ2v) is 7.26. The molecule has 0 radical (unpaired) electrons. The summed E-state index contributed by atoms with van der Waals surface area (Å²) in [6.07, 6.45) is -1.05. The van der Waals surface area contributed by atoms with Crippen LogP contribution in [0.4, 0.5) is 5.13 Å². The van der Waals surface area contributed by atoms with Crippen molar-refractivity contribution in [3.05, 3.63) is 66.0 Å². The molecule has 2 aromatic carbocycles. The van der Waals surface area contributed by atoms with Crippen molar-refractivity contribution >= 4 is 34.3 Å². The molecule has 0 fully saturated rings. The molecule has 31 heavy (non-hydrogen) atoms. The Balaban J connectivity index is 1.39. The van der Waals surface area contributed by atoms with Crippen LogP contribution in [0.2, 0.25) is 0 Å². The first-order chi connectivity index (χ1) is 15.0. The molecule has 3 rings (SSSR count). The van der Waals surface area contributed by atoms with Crippen LogP contribution in [0.1, 0.15) is 6.92 Å². The third-order valence-corrected chi connectivity index (χ3v) is 4.78. The molecule has 1 atom stereocenters. The number of nitrogens with one attached hydrogen (secondary N) is 2. The minimum atomic E-state index is -1.05. The number of carbonyl (C=O) groups is 3. The summed E-state index contributed by atoms with van der Waals surface area (Å²) in [5.41, 5.74) is 1.68. The Morgan fingerprint density at radius 2 is 1.71 bits per heavy atom. The lowest BCUT2D eigenvalue weighted by molar-refractivity contribution is -0.152. The number of rotatable bonds is 9. The van der Waals surface area contributed by atoms with E-state index in [1.165, 1.54) is 18.3 Å². The number of para-hydroxylation sites is 1. The molecule has 8 nitrogen and oxygen atoms in total. The molecular formula is C22H21N3O5S. The first-order valence-electron chi connectivity index (χ1n) is 9.47. The van der Waals surface area contributed by atoms with Crippen LogP contribution in [0.25, 0.3) is 11.3 Å². The standard InChI is InChI=1S/C22H21N3O5S/c1-15(21(28)25-22-24-18(14-31-22)16-8-4-2-5-9-16)30-20(27)12-23-19(26)13-29-17-10-6-3-7-11-17/h2-11,14-15H,12-13H2,1H3,(H,23,26)(H,24,25,28). The zero-order valence-electron chi connectivity index (χ0n) is 16.7. The maximum Gasteiger partial charge on any atom is 0.326 e. The Morgan fingerprint density at radius 3 is 2.42 bits per heavy atom. The maximum atomic E-state index is 12.3. The lowest BCUT2D eigenvalue weighted by atomic mass is 10.2. The van der Waals surface area contributed by atoms with Crippen LogP contribution in [-0.4, -0.2) is 42.0 Å². The van der Waals surface area contributed by atoms with E-state index in [9.17, 15) is 14.4 Å². The van der Waals surface area contributed by atoms with E-state index < -0.39 is 23.9 Å². The summed E-state index contributed by atoms with van der Waals surface area (Å²) in [7, 11) is 0. The van der Waals surface area contributed by atoms with Crippen molar-refractivity contribution in [2.24, 2.45) is 0 Å². The molecule has 2 N–H and O–H groups in total. The molecule has 0 aliphatic heterocycles. The van der Waals surface area contributed by atoms with E-state index in [2.05, 4.69) is 15.6 Å². The number of hydrogen-bond acceptors (Lipinski definition) is 7. The average molecular weight is 439 g/mol. The summed E-state index contributed by atoms with van der Waals surface area (Å²) in [4.78, 5) is 40.3. The Morgan fingerprint density at radius 1 is 1.03 bits per heavy atom. The van der Waals surface area contributed by atoms with Gasteiger partial charge >= 0.3 is 5.97 Å². The molecule has 0 aliphatic rings. The molecule has 2 amide bonds. The summed E-state index contributed by atoms with van der Waals surface area (Å²) >= 11 is 1.27. The highest BCUT2D eigenvalue weighted by Crippen LogP contribution is 2.24. The van der Waals surface area contributed by atoms with Crippen molar-refractivity contribution in [1.29, 1.82) is 0 Å². The monoisotopic (exact) mass is 439 g/mol. The number of carbonyl (C=O) groups excluding carboxylic acids is 3. The number of aromatic nitrogens is 1. The molecule has 3 aromatic rings. The number of benzene rings is 2. The maximum absolute atomic E-state index is 12.3. The smallest absolute Gasteiger partial charge is 0.326 e. The summed E-state index contributed by atoms with van der Waals surface area (Å²) in [6, 6.07) is 18.4. The highest BCUT2D eigenvalue weighted by atomic mass is 32.1. The molecule has 0 spiro atoms. The molecular weight excluding hydrogens is 418 g/mol. The summed E-state index contributed by atoms with van der Waals surface area (Å²) < 4.78 is 10.3. The Labute approximate surface area is 183 Å². The number of nitrogens with zero attached hydrogens (tertiary/aromatic N) is 1. The van der Waals surface area contributed by atoms with Crippen LogP contribution in [0.5, 0.6) is 5.75 Å². The zero-order valence-corrected chi connectivity index (χ0v) is 17.6. The quantitative estimate of drug-likeness (QED) is 0.497. The SMILES string of the molecule is CC(OC(=O)CNC(=O)COc1ccccc1)C(=O)Nc1nc(-c2ccccc2)cs1. The van der Waals surface area contributed by atoms with Crippen molar-refractivity contribution < 1.29 is 23.9 Å². The first kappa shape index (κ1) is 22.0. The molecule has 0 aliphatic carbocycles. The van der Waals surface area contributed by atoms with Gasteiger partial charge in [-0.25, -0.2) is 4.98 Å². The molecule has 0 saturated carbocycles. The molecule has 0 bridgehead atoms. The number of hydrogen-bond donors (Lipinski definition) is 2. The minimum Gasteiger partial charge on any atom is -0.484 e. The van der Waals surface area contributed by atoms with E-state index in [4.69, 9.17) is 9.47 Å². The van der Waals surface area contributed by atoms with Crippen molar-refractivity contribution in [2.75, 3.05) is 18.5 Å². The molecule has 9 heteroatoms. The van der Waals surface area contributed by atoms with Gasteiger partial charge in [-0.05, 0) is 19.1 Å². The van der Waals surface area contributed by atoms with Gasteiger partial charge in [-0.1, -0.05) is 48.5 Å². The van der Waals surface area contributed by atoms with Gasteiger partial charge in [-0.3, -0.25) is 19.7 Å². The molecule has 0 saturated heterocycles. The Bertz CT molecular complexity index is 1020. The van der Waals surface area contributed by atoms with Gasteiger partial charge in [0, 0.05) is 10.9 Å². The van der Waals surface area contributed by atoms with Crippen LogP contribution in [0.3, 0.4) is 0 Å². The topological polar surface area (TPSA) is 107 Å².